The Hall–Kier alpha value is -2.40. The molecular formula is C19H20N2O2S. The van der Waals surface area contributed by atoms with Crippen LogP contribution in [-0.2, 0) is 11.2 Å². The molecule has 1 aromatic heterocycles. The van der Waals surface area contributed by atoms with E-state index in [-0.39, 0.29) is 11.9 Å². The van der Waals surface area contributed by atoms with Gasteiger partial charge in [0.05, 0.1) is 29.8 Å². The first kappa shape index (κ1) is 16.5. The number of amides is 1. The normalized spacial score (nSPS) is 12.1. The standard InChI is InChI=1S/C19H20N2O2S/c1-13(19-20-15-9-5-7-11-17(15)24-19)21(2)18(22)12-14-8-4-6-10-16(14)23-3/h4-11,13H,12H2,1-3H3/t13-/m1/s1. The summed E-state index contributed by atoms with van der Waals surface area (Å²) < 4.78 is 6.47. The summed E-state index contributed by atoms with van der Waals surface area (Å²) in [6.07, 6.45) is 0.315. The third kappa shape index (κ3) is 3.26. The number of carbonyl (C=O) groups is 1. The number of likely N-dealkylation sites (N-methyl/N-ethyl adjacent to an activating group) is 1. The van der Waals surface area contributed by atoms with Crippen LogP contribution in [0, 0.1) is 0 Å². The van der Waals surface area contributed by atoms with Gasteiger partial charge in [-0.3, -0.25) is 4.79 Å². The van der Waals surface area contributed by atoms with Gasteiger partial charge in [0.25, 0.3) is 0 Å². The molecule has 0 aliphatic carbocycles. The number of thiazole rings is 1. The quantitative estimate of drug-likeness (QED) is 0.703. The zero-order chi connectivity index (χ0) is 17.1. The molecule has 5 heteroatoms. The van der Waals surface area contributed by atoms with Crippen LogP contribution in [0.25, 0.3) is 10.2 Å². The van der Waals surface area contributed by atoms with Gasteiger partial charge in [-0.25, -0.2) is 4.98 Å². The number of hydrogen-bond donors (Lipinski definition) is 0. The van der Waals surface area contributed by atoms with Crippen LogP contribution in [0.15, 0.2) is 48.5 Å². The summed E-state index contributed by atoms with van der Waals surface area (Å²) in [6, 6.07) is 15.6. The summed E-state index contributed by atoms with van der Waals surface area (Å²) in [5.74, 6) is 0.790. The maximum Gasteiger partial charge on any atom is 0.227 e. The maximum atomic E-state index is 12.7. The molecular weight excluding hydrogens is 320 g/mol. The Labute approximate surface area is 145 Å². The monoisotopic (exact) mass is 340 g/mol. The van der Waals surface area contributed by atoms with E-state index < -0.39 is 0 Å². The van der Waals surface area contributed by atoms with Gasteiger partial charge in [-0.05, 0) is 25.1 Å². The van der Waals surface area contributed by atoms with Gasteiger partial charge in [0.2, 0.25) is 5.91 Å². The van der Waals surface area contributed by atoms with Gasteiger partial charge in [-0.1, -0.05) is 30.3 Å². The predicted octanol–water partition coefficient (Wildman–Crippen LogP) is 4.07. The molecule has 0 N–H and O–H groups in total. The van der Waals surface area contributed by atoms with Crippen LogP contribution >= 0.6 is 11.3 Å². The number of aromatic nitrogens is 1. The van der Waals surface area contributed by atoms with Gasteiger partial charge in [-0.15, -0.1) is 11.3 Å². The number of ether oxygens (including phenoxy) is 1. The van der Waals surface area contributed by atoms with Crippen LogP contribution in [-0.4, -0.2) is 29.9 Å². The zero-order valence-electron chi connectivity index (χ0n) is 14.0. The van der Waals surface area contributed by atoms with Crippen LogP contribution < -0.4 is 4.74 Å². The second kappa shape index (κ2) is 7.01. The number of benzene rings is 2. The highest BCUT2D eigenvalue weighted by Gasteiger charge is 2.21. The van der Waals surface area contributed by atoms with Crippen molar-refractivity contribution in [2.75, 3.05) is 14.2 Å². The van der Waals surface area contributed by atoms with E-state index in [0.29, 0.717) is 6.42 Å². The van der Waals surface area contributed by atoms with E-state index in [9.17, 15) is 4.79 Å². The van der Waals surface area contributed by atoms with E-state index in [1.807, 2.05) is 56.4 Å². The van der Waals surface area contributed by atoms with Gasteiger partial charge in [-0.2, -0.15) is 0 Å². The summed E-state index contributed by atoms with van der Waals surface area (Å²) in [6.45, 7) is 2.01. The SMILES string of the molecule is COc1ccccc1CC(=O)N(C)[C@H](C)c1nc2ccccc2s1. The van der Waals surface area contributed by atoms with E-state index in [2.05, 4.69) is 11.1 Å². The fourth-order valence-corrected chi connectivity index (χ4v) is 3.65. The number of nitrogens with zero attached hydrogens (tertiary/aromatic N) is 2. The third-order valence-electron chi connectivity index (χ3n) is 4.18. The fraction of sp³-hybridized carbons (Fsp3) is 0.263. The summed E-state index contributed by atoms with van der Waals surface area (Å²) in [4.78, 5) is 19.1. The molecule has 0 spiro atoms. The van der Waals surface area contributed by atoms with E-state index in [4.69, 9.17) is 4.74 Å². The van der Waals surface area contributed by atoms with Crippen LogP contribution in [0.5, 0.6) is 5.75 Å². The smallest absolute Gasteiger partial charge is 0.227 e. The molecule has 1 amide bonds. The molecule has 0 fully saturated rings. The maximum absolute atomic E-state index is 12.7. The fourth-order valence-electron chi connectivity index (χ4n) is 2.59. The zero-order valence-corrected chi connectivity index (χ0v) is 14.8. The minimum atomic E-state index is -0.0652. The number of carbonyl (C=O) groups excluding carboxylic acids is 1. The van der Waals surface area contributed by atoms with Crippen molar-refractivity contribution in [1.29, 1.82) is 0 Å². The Morgan fingerprint density at radius 3 is 2.67 bits per heavy atom. The summed E-state index contributed by atoms with van der Waals surface area (Å²) in [5, 5.41) is 0.951. The average molecular weight is 340 g/mol. The lowest BCUT2D eigenvalue weighted by Gasteiger charge is -2.23. The molecule has 0 aliphatic rings. The first-order valence-corrected chi connectivity index (χ1v) is 8.65. The van der Waals surface area contributed by atoms with Crippen molar-refractivity contribution in [2.24, 2.45) is 0 Å². The topological polar surface area (TPSA) is 42.4 Å². The van der Waals surface area contributed by atoms with Crippen LogP contribution in [0.2, 0.25) is 0 Å². The molecule has 0 bridgehead atoms. The van der Waals surface area contributed by atoms with E-state index in [1.165, 1.54) is 0 Å². The number of methoxy groups -OCH3 is 1. The van der Waals surface area contributed by atoms with Crippen molar-refractivity contribution < 1.29 is 9.53 Å². The molecule has 24 heavy (non-hydrogen) atoms. The molecule has 0 unspecified atom stereocenters. The van der Waals surface area contributed by atoms with Crippen molar-refractivity contribution in [2.45, 2.75) is 19.4 Å². The number of hydrogen-bond acceptors (Lipinski definition) is 4. The van der Waals surface area contributed by atoms with Gasteiger partial charge in [0, 0.05) is 12.6 Å². The van der Waals surface area contributed by atoms with Crippen molar-refractivity contribution in [3.63, 3.8) is 0 Å². The molecule has 124 valence electrons. The molecule has 4 nitrogen and oxygen atoms in total. The van der Waals surface area contributed by atoms with E-state index in [0.717, 1.165) is 26.5 Å². The molecule has 0 aliphatic heterocycles. The largest absolute Gasteiger partial charge is 0.496 e. The second-order valence-electron chi connectivity index (χ2n) is 5.69. The average Bonchev–Trinajstić information content (AvgIpc) is 3.05. The van der Waals surface area contributed by atoms with E-state index >= 15 is 0 Å². The number of rotatable bonds is 5. The molecule has 1 heterocycles. The molecule has 3 rings (SSSR count). The van der Waals surface area contributed by atoms with Gasteiger partial charge >= 0.3 is 0 Å². The number of fused-ring (bicyclic) bond motifs is 1. The van der Waals surface area contributed by atoms with Gasteiger partial charge in [0.1, 0.15) is 10.8 Å². The first-order chi connectivity index (χ1) is 11.6. The Kier molecular flexibility index (Phi) is 4.81. The molecule has 0 saturated heterocycles. The summed E-state index contributed by atoms with van der Waals surface area (Å²) in [7, 11) is 3.45. The molecule has 0 radical (unpaired) electrons. The van der Waals surface area contributed by atoms with Crippen molar-refractivity contribution in [1.82, 2.24) is 9.88 Å². The van der Waals surface area contributed by atoms with Crippen LogP contribution in [0.3, 0.4) is 0 Å². The molecule has 1 atom stereocenters. The minimum absolute atomic E-state index is 0.0475. The molecule has 0 saturated carbocycles. The van der Waals surface area contributed by atoms with Crippen molar-refractivity contribution in [3.8, 4) is 5.75 Å². The van der Waals surface area contributed by atoms with E-state index in [1.54, 1.807) is 23.3 Å². The van der Waals surface area contributed by atoms with Crippen LogP contribution in [0.1, 0.15) is 23.5 Å². The highest BCUT2D eigenvalue weighted by molar-refractivity contribution is 7.18. The Bertz CT molecular complexity index is 826. The lowest BCUT2D eigenvalue weighted by atomic mass is 10.1. The molecule has 2 aromatic carbocycles. The summed E-state index contributed by atoms with van der Waals surface area (Å²) in [5.41, 5.74) is 1.88. The lowest BCUT2D eigenvalue weighted by Crippen LogP contribution is -2.31. The Morgan fingerprint density at radius 2 is 1.92 bits per heavy atom. The van der Waals surface area contributed by atoms with Gasteiger partial charge in [0.15, 0.2) is 0 Å². The van der Waals surface area contributed by atoms with Crippen molar-refractivity contribution in [3.05, 3.63) is 59.1 Å². The minimum Gasteiger partial charge on any atom is -0.496 e. The second-order valence-corrected chi connectivity index (χ2v) is 6.75. The summed E-state index contributed by atoms with van der Waals surface area (Å²) >= 11 is 1.64. The van der Waals surface area contributed by atoms with Crippen molar-refractivity contribution >= 4 is 27.5 Å². The third-order valence-corrected chi connectivity index (χ3v) is 5.38. The first-order valence-electron chi connectivity index (χ1n) is 7.83. The predicted molar refractivity (Wildman–Crippen MR) is 97.5 cm³/mol. The molecule has 3 aromatic rings. The lowest BCUT2D eigenvalue weighted by molar-refractivity contribution is -0.131. The van der Waals surface area contributed by atoms with Gasteiger partial charge < -0.3 is 9.64 Å². The number of para-hydroxylation sites is 2. The highest BCUT2D eigenvalue weighted by Crippen LogP contribution is 2.29. The van der Waals surface area contributed by atoms with Crippen LogP contribution in [0.4, 0.5) is 0 Å². The Balaban J connectivity index is 1.77. The Morgan fingerprint density at radius 1 is 1.21 bits per heavy atom. The highest BCUT2D eigenvalue weighted by atomic mass is 32.1.